The Balaban J connectivity index is 1.67. The van der Waals surface area contributed by atoms with Crippen molar-refractivity contribution in [2.45, 2.75) is 39.5 Å². The maximum atomic E-state index is 12.3. The van der Waals surface area contributed by atoms with Gasteiger partial charge in [0.2, 0.25) is 0 Å². The summed E-state index contributed by atoms with van der Waals surface area (Å²) in [5.41, 5.74) is 8.26. The average molecular weight is 372 g/mol. The van der Waals surface area contributed by atoms with Crippen LogP contribution in [-0.4, -0.2) is 18.4 Å². The van der Waals surface area contributed by atoms with Gasteiger partial charge in [-0.25, -0.2) is 0 Å². The SMILES string of the molecule is CCc1ccc(OCC(=O)Nc2sc3c(c2C(N)=O)CC[C@@H](C)C3)cc1. The number of primary amides is 1. The van der Waals surface area contributed by atoms with E-state index in [0.29, 0.717) is 22.2 Å². The van der Waals surface area contributed by atoms with E-state index in [9.17, 15) is 9.59 Å². The van der Waals surface area contributed by atoms with E-state index in [1.54, 1.807) is 0 Å². The summed E-state index contributed by atoms with van der Waals surface area (Å²) in [7, 11) is 0. The predicted octanol–water partition coefficient (Wildman–Crippen LogP) is 3.55. The van der Waals surface area contributed by atoms with Gasteiger partial charge >= 0.3 is 0 Å². The zero-order valence-corrected chi connectivity index (χ0v) is 15.9. The summed E-state index contributed by atoms with van der Waals surface area (Å²) in [6, 6.07) is 7.66. The first-order valence-corrected chi connectivity index (χ1v) is 9.75. The van der Waals surface area contributed by atoms with Crippen LogP contribution in [0.4, 0.5) is 5.00 Å². The molecule has 1 aliphatic rings. The molecule has 1 aromatic heterocycles. The van der Waals surface area contributed by atoms with Gasteiger partial charge in [0.05, 0.1) is 5.56 Å². The Kier molecular flexibility index (Phi) is 5.61. The number of fused-ring (bicyclic) bond motifs is 1. The highest BCUT2D eigenvalue weighted by Gasteiger charge is 2.27. The fourth-order valence-electron chi connectivity index (χ4n) is 3.23. The Morgan fingerprint density at radius 3 is 2.69 bits per heavy atom. The van der Waals surface area contributed by atoms with E-state index in [-0.39, 0.29) is 12.5 Å². The second-order valence-electron chi connectivity index (χ2n) is 6.75. The van der Waals surface area contributed by atoms with Gasteiger partial charge in [-0.2, -0.15) is 0 Å². The van der Waals surface area contributed by atoms with E-state index in [1.165, 1.54) is 16.9 Å². The van der Waals surface area contributed by atoms with Crippen molar-refractivity contribution in [2.75, 3.05) is 11.9 Å². The van der Waals surface area contributed by atoms with Crippen LogP contribution in [0.1, 0.15) is 46.6 Å². The number of anilines is 1. The van der Waals surface area contributed by atoms with E-state index in [0.717, 1.165) is 36.1 Å². The number of nitrogens with one attached hydrogen (secondary N) is 1. The molecule has 3 rings (SSSR count). The number of rotatable bonds is 6. The maximum Gasteiger partial charge on any atom is 0.262 e. The molecule has 138 valence electrons. The molecule has 2 aromatic rings. The Hall–Kier alpha value is -2.34. The van der Waals surface area contributed by atoms with Crippen LogP contribution in [0.5, 0.6) is 5.75 Å². The second kappa shape index (κ2) is 7.91. The average Bonchev–Trinajstić information content (AvgIpc) is 2.97. The number of benzene rings is 1. The molecule has 1 atom stereocenters. The van der Waals surface area contributed by atoms with Gasteiger partial charge in [0.1, 0.15) is 10.8 Å². The summed E-state index contributed by atoms with van der Waals surface area (Å²) >= 11 is 1.46. The zero-order chi connectivity index (χ0) is 18.7. The largest absolute Gasteiger partial charge is 0.484 e. The van der Waals surface area contributed by atoms with Gasteiger partial charge < -0.3 is 15.8 Å². The van der Waals surface area contributed by atoms with Gasteiger partial charge in [0.15, 0.2) is 6.61 Å². The van der Waals surface area contributed by atoms with E-state index >= 15 is 0 Å². The summed E-state index contributed by atoms with van der Waals surface area (Å²) < 4.78 is 5.54. The summed E-state index contributed by atoms with van der Waals surface area (Å²) in [6.07, 6.45) is 3.75. The topological polar surface area (TPSA) is 81.4 Å². The van der Waals surface area contributed by atoms with E-state index in [1.807, 2.05) is 24.3 Å². The minimum atomic E-state index is -0.483. The van der Waals surface area contributed by atoms with Crippen molar-refractivity contribution in [3.05, 3.63) is 45.8 Å². The number of ether oxygens (including phenoxy) is 1. The highest BCUT2D eigenvalue weighted by atomic mass is 32.1. The molecular weight excluding hydrogens is 348 g/mol. The summed E-state index contributed by atoms with van der Waals surface area (Å²) in [4.78, 5) is 25.3. The Morgan fingerprint density at radius 2 is 2.04 bits per heavy atom. The Labute approximate surface area is 157 Å². The third-order valence-corrected chi connectivity index (χ3v) is 5.88. The summed E-state index contributed by atoms with van der Waals surface area (Å²) in [6.45, 7) is 4.17. The molecule has 0 bridgehead atoms. The van der Waals surface area contributed by atoms with Crippen LogP contribution in [-0.2, 0) is 24.1 Å². The predicted molar refractivity (Wildman–Crippen MR) is 104 cm³/mol. The van der Waals surface area contributed by atoms with Crippen molar-refractivity contribution < 1.29 is 14.3 Å². The summed E-state index contributed by atoms with van der Waals surface area (Å²) in [5, 5.41) is 3.36. The standard InChI is InChI=1S/C20H24N2O3S/c1-3-13-5-7-14(8-6-13)25-11-17(23)22-20-18(19(21)24)15-9-4-12(2)10-16(15)26-20/h5-8,12H,3-4,9-11H2,1-2H3,(H2,21,24)(H,22,23)/t12-/m1/s1. The highest BCUT2D eigenvalue weighted by molar-refractivity contribution is 7.17. The molecule has 26 heavy (non-hydrogen) atoms. The van der Waals surface area contributed by atoms with Gasteiger partial charge in [-0.15, -0.1) is 11.3 Å². The molecule has 0 spiro atoms. The monoisotopic (exact) mass is 372 g/mol. The number of amides is 2. The lowest BCUT2D eigenvalue weighted by Gasteiger charge is -2.18. The molecule has 1 aromatic carbocycles. The lowest BCUT2D eigenvalue weighted by molar-refractivity contribution is -0.118. The Bertz CT molecular complexity index is 811. The van der Waals surface area contributed by atoms with Gasteiger partial charge in [0.25, 0.3) is 11.8 Å². The fourth-order valence-corrected chi connectivity index (χ4v) is 4.66. The molecule has 0 fully saturated rings. The van der Waals surface area contributed by atoms with Crippen molar-refractivity contribution in [1.82, 2.24) is 0 Å². The normalized spacial score (nSPS) is 16.0. The van der Waals surface area contributed by atoms with Gasteiger partial charge in [-0.05, 0) is 54.9 Å². The van der Waals surface area contributed by atoms with Crippen LogP contribution in [0.15, 0.2) is 24.3 Å². The molecule has 0 saturated carbocycles. The minimum Gasteiger partial charge on any atom is -0.484 e. The molecular formula is C20H24N2O3S. The molecule has 0 radical (unpaired) electrons. The lowest BCUT2D eigenvalue weighted by atomic mass is 9.88. The highest BCUT2D eigenvalue weighted by Crippen LogP contribution is 2.39. The number of carbonyl (C=O) groups is 2. The van der Waals surface area contributed by atoms with Crippen LogP contribution >= 0.6 is 11.3 Å². The van der Waals surface area contributed by atoms with Crippen LogP contribution in [0, 0.1) is 5.92 Å². The van der Waals surface area contributed by atoms with E-state index < -0.39 is 5.91 Å². The lowest BCUT2D eigenvalue weighted by Crippen LogP contribution is -2.22. The molecule has 0 unspecified atom stereocenters. The quantitative estimate of drug-likeness (QED) is 0.813. The zero-order valence-electron chi connectivity index (χ0n) is 15.1. The molecule has 6 heteroatoms. The molecule has 3 N–H and O–H groups in total. The van der Waals surface area contributed by atoms with Crippen molar-refractivity contribution in [2.24, 2.45) is 11.7 Å². The van der Waals surface area contributed by atoms with Crippen LogP contribution in [0.25, 0.3) is 0 Å². The third kappa shape index (κ3) is 4.07. The summed E-state index contributed by atoms with van der Waals surface area (Å²) in [5.74, 6) is 0.453. The number of aryl methyl sites for hydroxylation is 1. The van der Waals surface area contributed by atoms with Crippen molar-refractivity contribution >= 4 is 28.2 Å². The van der Waals surface area contributed by atoms with Gasteiger partial charge in [-0.3, -0.25) is 9.59 Å². The van der Waals surface area contributed by atoms with Crippen LogP contribution in [0.2, 0.25) is 0 Å². The van der Waals surface area contributed by atoms with Crippen molar-refractivity contribution in [1.29, 1.82) is 0 Å². The Morgan fingerprint density at radius 1 is 1.31 bits per heavy atom. The first-order chi connectivity index (χ1) is 12.5. The fraction of sp³-hybridized carbons (Fsp3) is 0.400. The first-order valence-electron chi connectivity index (χ1n) is 8.93. The number of hydrogen-bond acceptors (Lipinski definition) is 4. The van der Waals surface area contributed by atoms with Gasteiger partial charge in [-0.1, -0.05) is 26.0 Å². The number of nitrogens with two attached hydrogens (primary N) is 1. The number of carbonyl (C=O) groups excluding carboxylic acids is 2. The van der Waals surface area contributed by atoms with Crippen LogP contribution in [0.3, 0.4) is 0 Å². The van der Waals surface area contributed by atoms with E-state index in [4.69, 9.17) is 10.5 Å². The maximum absolute atomic E-state index is 12.3. The van der Waals surface area contributed by atoms with Crippen molar-refractivity contribution in [3.8, 4) is 5.75 Å². The molecule has 0 aliphatic heterocycles. The minimum absolute atomic E-state index is 0.108. The molecule has 5 nitrogen and oxygen atoms in total. The van der Waals surface area contributed by atoms with E-state index in [2.05, 4.69) is 19.2 Å². The smallest absolute Gasteiger partial charge is 0.262 e. The number of thiophene rings is 1. The van der Waals surface area contributed by atoms with Crippen molar-refractivity contribution in [3.63, 3.8) is 0 Å². The third-order valence-electron chi connectivity index (χ3n) is 4.71. The van der Waals surface area contributed by atoms with Gasteiger partial charge in [0, 0.05) is 4.88 Å². The molecule has 2 amide bonds. The second-order valence-corrected chi connectivity index (χ2v) is 7.86. The molecule has 1 aliphatic carbocycles. The molecule has 1 heterocycles. The van der Waals surface area contributed by atoms with Crippen LogP contribution < -0.4 is 15.8 Å². The first kappa shape index (κ1) is 18.5. The molecule has 0 saturated heterocycles. The number of hydrogen-bond donors (Lipinski definition) is 2.